The van der Waals surface area contributed by atoms with E-state index < -0.39 is 8.07 Å². The van der Waals surface area contributed by atoms with Gasteiger partial charge in [-0.3, -0.25) is 0 Å². The molecule has 2 atom stereocenters. The molecule has 3 rings (SSSR count). The predicted octanol–water partition coefficient (Wildman–Crippen LogP) is -2.97. The summed E-state index contributed by atoms with van der Waals surface area (Å²) in [5.74, 6) is 0.706. The van der Waals surface area contributed by atoms with Crippen LogP contribution >= 0.6 is 0 Å². The van der Waals surface area contributed by atoms with Crippen LogP contribution in [-0.4, -0.2) is 8.07 Å². The summed E-state index contributed by atoms with van der Waals surface area (Å²) in [6.07, 6.45) is 12.3. The summed E-state index contributed by atoms with van der Waals surface area (Å²) < 4.78 is 1.64. The molecule has 1 aromatic rings. The van der Waals surface area contributed by atoms with Gasteiger partial charge in [0.2, 0.25) is 0 Å². The number of hydrogen-bond donors (Lipinski definition) is 0. The average molecular weight is 478 g/mol. The molecule has 2 aliphatic carbocycles. The predicted molar refractivity (Wildman–Crippen MR) is 104 cm³/mol. The summed E-state index contributed by atoms with van der Waals surface area (Å²) in [5.41, 5.74) is 2.66. The monoisotopic (exact) mass is 476 g/mol. The molecule has 0 heterocycles. The smallest absolute Gasteiger partial charge is 1.00 e. The number of allylic oxidation sites excluding steroid dienone is 4. The molecule has 5 heteroatoms. The summed E-state index contributed by atoms with van der Waals surface area (Å²) in [5, 5.41) is 3.46. The van der Waals surface area contributed by atoms with Crippen LogP contribution in [-0.2, 0) is 20.4 Å². The minimum Gasteiger partial charge on any atom is -1.00 e. The van der Waals surface area contributed by atoms with Crippen molar-refractivity contribution >= 4 is 13.3 Å². The SMILES string of the molecule is CCC(C)C1=[C]([Ti+3])CC=C1[Si](C)(c1ccccc1)C1CCCCC1.[Cl-].[Cl-].[Cl-]. The molecular formula is C22H31Cl3SiTi. The molecule has 0 saturated heterocycles. The van der Waals surface area contributed by atoms with E-state index in [0.717, 1.165) is 5.54 Å². The standard InChI is InChI=1S/C22H31Si.3ClH.Ti/c1-4-18(2)21-16-11-17-22(21)23(3,19-12-7-5-8-13-19)20-14-9-6-10-15-20;;;;/h5,7-8,12-13,17-18,20H,4,6,9-11,14-15H2,1-3H3;3*1H;/q;;;;+3/p-3. The van der Waals surface area contributed by atoms with Gasteiger partial charge >= 0.3 is 162 Å². The zero-order valence-corrected chi connectivity index (χ0v) is 21.5. The van der Waals surface area contributed by atoms with Crippen LogP contribution < -0.4 is 42.4 Å². The van der Waals surface area contributed by atoms with E-state index in [1.807, 2.05) is 0 Å². The molecule has 1 fully saturated rings. The second-order valence-corrected chi connectivity index (χ2v) is 13.2. The number of halogens is 3. The molecule has 1 aromatic carbocycles. The van der Waals surface area contributed by atoms with E-state index in [-0.39, 0.29) is 37.2 Å². The van der Waals surface area contributed by atoms with E-state index in [4.69, 9.17) is 0 Å². The van der Waals surface area contributed by atoms with Crippen molar-refractivity contribution in [1.82, 2.24) is 0 Å². The zero-order valence-electron chi connectivity index (χ0n) is 16.7. The van der Waals surface area contributed by atoms with Crippen LogP contribution in [0.15, 0.2) is 51.1 Å². The van der Waals surface area contributed by atoms with Gasteiger partial charge in [0.05, 0.1) is 0 Å². The topological polar surface area (TPSA) is 0 Å². The number of hydrogen-bond acceptors (Lipinski definition) is 0. The molecule has 148 valence electrons. The average Bonchev–Trinajstić information content (AvgIpc) is 3.04. The Hall–Kier alpha value is 0.501. The Balaban J connectivity index is 0.00000225. The first kappa shape index (κ1) is 27.5. The molecule has 2 aliphatic rings. The van der Waals surface area contributed by atoms with Gasteiger partial charge in [0.15, 0.2) is 0 Å². The summed E-state index contributed by atoms with van der Waals surface area (Å²) >= 11 is 2.38. The van der Waals surface area contributed by atoms with Crippen molar-refractivity contribution in [1.29, 1.82) is 0 Å². The summed E-state index contributed by atoms with van der Waals surface area (Å²) in [6, 6.07) is 11.6. The van der Waals surface area contributed by atoms with Gasteiger partial charge in [-0.15, -0.1) is 0 Å². The van der Waals surface area contributed by atoms with Gasteiger partial charge in [-0.1, -0.05) is 0 Å². The Bertz CT molecular complexity index is 638. The van der Waals surface area contributed by atoms with Crippen LogP contribution in [0.25, 0.3) is 0 Å². The van der Waals surface area contributed by atoms with E-state index >= 15 is 0 Å². The zero-order chi connectivity index (χ0) is 17.2. The minimum atomic E-state index is -1.67. The molecule has 27 heavy (non-hydrogen) atoms. The van der Waals surface area contributed by atoms with Gasteiger partial charge in [-0.25, -0.2) is 0 Å². The molecule has 2 unspecified atom stereocenters. The summed E-state index contributed by atoms with van der Waals surface area (Å²) in [7, 11) is -1.67. The fourth-order valence-corrected chi connectivity index (χ4v) is 11.0. The van der Waals surface area contributed by atoms with Crippen LogP contribution in [0.4, 0.5) is 0 Å². The molecule has 0 bridgehead atoms. The van der Waals surface area contributed by atoms with Crippen molar-refractivity contribution in [3.05, 3.63) is 51.1 Å². The van der Waals surface area contributed by atoms with Gasteiger partial charge in [0, 0.05) is 0 Å². The Morgan fingerprint density at radius 3 is 2.19 bits per heavy atom. The van der Waals surface area contributed by atoms with Gasteiger partial charge < -0.3 is 37.2 Å². The molecule has 0 radical (unpaired) electrons. The van der Waals surface area contributed by atoms with Crippen molar-refractivity contribution in [2.24, 2.45) is 5.92 Å². The first-order chi connectivity index (χ1) is 11.6. The molecule has 0 aromatic heterocycles. The van der Waals surface area contributed by atoms with Crippen LogP contribution in [0.5, 0.6) is 0 Å². The minimum absolute atomic E-state index is 0. The Labute approximate surface area is 197 Å². The first-order valence-electron chi connectivity index (χ1n) is 9.80. The maximum Gasteiger partial charge on any atom is -1.00 e. The Morgan fingerprint density at radius 1 is 1.04 bits per heavy atom. The number of rotatable bonds is 5. The fraction of sp³-hybridized carbons (Fsp3) is 0.545. The fourth-order valence-electron chi connectivity index (χ4n) is 4.92. The third kappa shape index (κ3) is 5.56. The Morgan fingerprint density at radius 2 is 1.63 bits per heavy atom. The van der Waals surface area contributed by atoms with E-state index in [1.54, 1.807) is 19.8 Å². The van der Waals surface area contributed by atoms with Gasteiger partial charge in [-0.2, -0.15) is 0 Å². The molecule has 0 N–H and O–H groups in total. The van der Waals surface area contributed by atoms with Crippen molar-refractivity contribution in [3.63, 3.8) is 0 Å². The molecule has 0 aliphatic heterocycles. The third-order valence-electron chi connectivity index (χ3n) is 6.59. The summed E-state index contributed by atoms with van der Waals surface area (Å²) in [6.45, 7) is 7.48. The largest absolute Gasteiger partial charge is 1.00 e. The van der Waals surface area contributed by atoms with E-state index in [9.17, 15) is 0 Å². The van der Waals surface area contributed by atoms with Gasteiger partial charge in [-0.05, 0) is 0 Å². The van der Waals surface area contributed by atoms with Gasteiger partial charge in [0.25, 0.3) is 0 Å². The van der Waals surface area contributed by atoms with E-state index in [1.165, 1.54) is 44.9 Å². The maximum atomic E-state index is 2.69. The maximum absolute atomic E-state index is 2.69. The van der Waals surface area contributed by atoms with Crippen molar-refractivity contribution in [2.45, 2.75) is 70.9 Å². The Kier molecular flexibility index (Phi) is 12.5. The van der Waals surface area contributed by atoms with Gasteiger partial charge in [0.1, 0.15) is 0 Å². The normalized spacial score (nSPS) is 20.6. The molecular weight excluding hydrogens is 447 g/mol. The number of benzene rings is 1. The van der Waals surface area contributed by atoms with Crippen molar-refractivity contribution in [2.75, 3.05) is 0 Å². The van der Waals surface area contributed by atoms with Crippen LogP contribution in [0.1, 0.15) is 58.8 Å². The van der Waals surface area contributed by atoms with Crippen LogP contribution in [0, 0.1) is 5.92 Å². The molecule has 1 saturated carbocycles. The van der Waals surface area contributed by atoms with Crippen LogP contribution in [0.2, 0.25) is 12.1 Å². The van der Waals surface area contributed by atoms with Crippen LogP contribution in [0.3, 0.4) is 0 Å². The summed E-state index contributed by atoms with van der Waals surface area (Å²) in [4.78, 5) is 0. The quantitative estimate of drug-likeness (QED) is 0.398. The van der Waals surface area contributed by atoms with E-state index in [0.29, 0.717) is 5.92 Å². The molecule has 0 nitrogen and oxygen atoms in total. The van der Waals surface area contributed by atoms with Crippen molar-refractivity contribution < 1.29 is 57.7 Å². The molecule has 0 spiro atoms. The first-order valence-corrected chi connectivity index (χ1v) is 13.2. The molecule has 0 amide bonds. The van der Waals surface area contributed by atoms with Crippen molar-refractivity contribution in [3.8, 4) is 0 Å². The van der Waals surface area contributed by atoms with E-state index in [2.05, 4.69) is 77.2 Å². The second-order valence-electron chi connectivity index (χ2n) is 7.93. The third-order valence-corrected chi connectivity index (χ3v) is 12.7. The second kappa shape index (κ2) is 12.3.